The van der Waals surface area contributed by atoms with Crippen molar-refractivity contribution in [3.05, 3.63) is 64.1 Å². The lowest BCUT2D eigenvalue weighted by Gasteiger charge is -2.29. The van der Waals surface area contributed by atoms with E-state index in [4.69, 9.17) is 23.2 Å². The summed E-state index contributed by atoms with van der Waals surface area (Å²) < 4.78 is 0. The molecule has 0 aliphatic rings. The number of amides is 2. The SMILES string of the molecule is CCCCNC(=O)C(C)N(Cc1ccccc1Cl)C(=O)CSc1ccc(Cl)cc1. The molecule has 0 saturated carbocycles. The van der Waals surface area contributed by atoms with Gasteiger partial charge in [0.1, 0.15) is 6.04 Å². The van der Waals surface area contributed by atoms with Crippen LogP contribution in [0.4, 0.5) is 0 Å². The molecular formula is C22H26Cl2N2O2S. The van der Waals surface area contributed by atoms with Gasteiger partial charge in [-0.2, -0.15) is 0 Å². The maximum absolute atomic E-state index is 13.0. The van der Waals surface area contributed by atoms with Gasteiger partial charge in [-0.15, -0.1) is 11.8 Å². The van der Waals surface area contributed by atoms with Crippen molar-refractivity contribution in [1.82, 2.24) is 10.2 Å². The highest BCUT2D eigenvalue weighted by atomic mass is 35.5. The average molecular weight is 453 g/mol. The molecule has 0 heterocycles. The highest BCUT2D eigenvalue weighted by Gasteiger charge is 2.26. The van der Waals surface area contributed by atoms with Crippen LogP contribution in [0, 0.1) is 0 Å². The Morgan fingerprint density at radius 3 is 2.45 bits per heavy atom. The molecule has 4 nitrogen and oxygen atoms in total. The summed E-state index contributed by atoms with van der Waals surface area (Å²) in [5.41, 5.74) is 0.812. The second-order valence-electron chi connectivity index (χ2n) is 6.68. The molecule has 0 radical (unpaired) electrons. The van der Waals surface area contributed by atoms with Crippen molar-refractivity contribution in [3.8, 4) is 0 Å². The molecule has 1 atom stereocenters. The third-order valence-corrected chi connectivity index (χ3v) is 6.09. The summed E-state index contributed by atoms with van der Waals surface area (Å²) in [5, 5.41) is 4.14. The molecular weight excluding hydrogens is 427 g/mol. The van der Waals surface area contributed by atoms with Crippen LogP contribution in [0.3, 0.4) is 0 Å². The second-order valence-corrected chi connectivity index (χ2v) is 8.57. The van der Waals surface area contributed by atoms with Crippen LogP contribution in [0.2, 0.25) is 10.0 Å². The van der Waals surface area contributed by atoms with E-state index in [1.165, 1.54) is 11.8 Å². The largest absolute Gasteiger partial charge is 0.354 e. The van der Waals surface area contributed by atoms with Crippen LogP contribution in [0.25, 0.3) is 0 Å². The highest BCUT2D eigenvalue weighted by Crippen LogP contribution is 2.23. The van der Waals surface area contributed by atoms with E-state index in [0.29, 0.717) is 16.6 Å². The lowest BCUT2D eigenvalue weighted by molar-refractivity contribution is -0.138. The number of nitrogens with one attached hydrogen (secondary N) is 1. The number of nitrogens with zero attached hydrogens (tertiary/aromatic N) is 1. The molecule has 7 heteroatoms. The minimum absolute atomic E-state index is 0.122. The van der Waals surface area contributed by atoms with E-state index in [0.717, 1.165) is 23.3 Å². The number of hydrogen-bond acceptors (Lipinski definition) is 3. The first-order chi connectivity index (χ1) is 13.9. The van der Waals surface area contributed by atoms with Gasteiger partial charge in [-0.25, -0.2) is 0 Å². The molecule has 0 saturated heterocycles. The summed E-state index contributed by atoms with van der Waals surface area (Å²) in [7, 11) is 0. The fraction of sp³-hybridized carbons (Fsp3) is 0.364. The average Bonchev–Trinajstić information content (AvgIpc) is 2.72. The van der Waals surface area contributed by atoms with E-state index in [9.17, 15) is 9.59 Å². The molecule has 0 aromatic heterocycles. The summed E-state index contributed by atoms with van der Waals surface area (Å²) in [6, 6.07) is 14.1. The summed E-state index contributed by atoms with van der Waals surface area (Å²) >= 11 is 13.6. The van der Waals surface area contributed by atoms with Gasteiger partial charge < -0.3 is 10.2 Å². The summed E-state index contributed by atoms with van der Waals surface area (Å²) in [5.74, 6) is -0.0584. The highest BCUT2D eigenvalue weighted by molar-refractivity contribution is 8.00. The van der Waals surface area contributed by atoms with Crippen LogP contribution in [-0.2, 0) is 16.1 Å². The normalized spacial score (nSPS) is 11.7. The van der Waals surface area contributed by atoms with Gasteiger partial charge in [0.2, 0.25) is 11.8 Å². The molecule has 2 amide bonds. The number of thioether (sulfide) groups is 1. The zero-order valence-electron chi connectivity index (χ0n) is 16.7. The number of rotatable bonds is 10. The predicted molar refractivity (Wildman–Crippen MR) is 122 cm³/mol. The first-order valence-corrected chi connectivity index (χ1v) is 11.4. The number of halogens is 2. The van der Waals surface area contributed by atoms with Crippen molar-refractivity contribution in [2.45, 2.75) is 44.2 Å². The minimum Gasteiger partial charge on any atom is -0.354 e. The lowest BCUT2D eigenvalue weighted by Crippen LogP contribution is -2.48. The summed E-state index contributed by atoms with van der Waals surface area (Å²) in [6.45, 7) is 4.70. The fourth-order valence-corrected chi connectivity index (χ4v) is 3.79. The molecule has 2 aromatic carbocycles. The van der Waals surface area contributed by atoms with Gasteiger partial charge in [0, 0.05) is 28.0 Å². The Morgan fingerprint density at radius 1 is 1.10 bits per heavy atom. The molecule has 0 spiro atoms. The summed E-state index contributed by atoms with van der Waals surface area (Å²) in [4.78, 5) is 28.2. The number of benzene rings is 2. The lowest BCUT2D eigenvalue weighted by atomic mass is 10.1. The molecule has 29 heavy (non-hydrogen) atoms. The van der Waals surface area contributed by atoms with E-state index < -0.39 is 6.04 Å². The van der Waals surface area contributed by atoms with E-state index in [2.05, 4.69) is 12.2 Å². The maximum Gasteiger partial charge on any atom is 0.242 e. The third kappa shape index (κ3) is 7.57. The van der Waals surface area contributed by atoms with Crippen LogP contribution in [-0.4, -0.2) is 35.1 Å². The Labute approximate surface area is 187 Å². The molecule has 0 bridgehead atoms. The van der Waals surface area contributed by atoms with Crippen molar-refractivity contribution >= 4 is 46.8 Å². The van der Waals surface area contributed by atoms with Gasteiger partial charge in [-0.05, 0) is 49.2 Å². The first-order valence-electron chi connectivity index (χ1n) is 9.61. The molecule has 0 fully saturated rings. The topological polar surface area (TPSA) is 49.4 Å². The molecule has 156 valence electrons. The van der Waals surface area contributed by atoms with Gasteiger partial charge in [-0.1, -0.05) is 54.7 Å². The van der Waals surface area contributed by atoms with Crippen molar-refractivity contribution in [2.75, 3.05) is 12.3 Å². The molecule has 2 rings (SSSR count). The smallest absolute Gasteiger partial charge is 0.242 e. The first kappa shape index (κ1) is 23.6. The van der Waals surface area contributed by atoms with Crippen molar-refractivity contribution in [3.63, 3.8) is 0 Å². The zero-order valence-corrected chi connectivity index (χ0v) is 19.0. The Morgan fingerprint density at radius 2 is 1.79 bits per heavy atom. The monoisotopic (exact) mass is 452 g/mol. The van der Waals surface area contributed by atoms with Crippen LogP contribution in [0.1, 0.15) is 32.3 Å². The van der Waals surface area contributed by atoms with Crippen LogP contribution < -0.4 is 5.32 Å². The maximum atomic E-state index is 13.0. The van der Waals surface area contributed by atoms with Gasteiger partial charge in [0.05, 0.1) is 5.75 Å². The minimum atomic E-state index is -0.596. The van der Waals surface area contributed by atoms with Gasteiger partial charge in [0.15, 0.2) is 0 Å². The number of unbranched alkanes of at least 4 members (excludes halogenated alkanes) is 1. The Kier molecular flexibility index (Phi) is 9.85. The molecule has 1 N–H and O–H groups in total. The van der Waals surface area contributed by atoms with Gasteiger partial charge in [0.25, 0.3) is 0 Å². The van der Waals surface area contributed by atoms with Crippen LogP contribution in [0.15, 0.2) is 53.4 Å². The Bertz CT molecular complexity index is 815. The van der Waals surface area contributed by atoms with E-state index in [1.54, 1.807) is 30.0 Å². The van der Waals surface area contributed by atoms with Crippen molar-refractivity contribution in [2.24, 2.45) is 0 Å². The summed E-state index contributed by atoms with van der Waals surface area (Å²) in [6.07, 6.45) is 1.90. The quantitative estimate of drug-likeness (QED) is 0.386. The molecule has 0 aliphatic carbocycles. The van der Waals surface area contributed by atoms with E-state index in [1.807, 2.05) is 30.3 Å². The van der Waals surface area contributed by atoms with Crippen LogP contribution >= 0.6 is 35.0 Å². The zero-order chi connectivity index (χ0) is 21.2. The number of carbonyl (C=O) groups excluding carboxylic acids is 2. The van der Waals surface area contributed by atoms with Gasteiger partial charge in [-0.3, -0.25) is 9.59 Å². The van der Waals surface area contributed by atoms with E-state index >= 15 is 0 Å². The molecule has 2 aromatic rings. The Hall–Kier alpha value is -1.69. The number of carbonyl (C=O) groups is 2. The third-order valence-electron chi connectivity index (χ3n) is 4.47. The molecule has 0 aliphatic heterocycles. The standard InChI is InChI=1S/C22H26Cl2N2O2S/c1-3-4-13-25-22(28)16(2)26(14-17-7-5-6-8-20(17)24)21(27)15-29-19-11-9-18(23)10-12-19/h5-12,16H,3-4,13-15H2,1-2H3,(H,25,28). The molecule has 1 unspecified atom stereocenters. The number of hydrogen-bond donors (Lipinski definition) is 1. The predicted octanol–water partition coefficient (Wildman–Crippen LogP) is 5.42. The fourth-order valence-electron chi connectivity index (χ4n) is 2.69. The van der Waals surface area contributed by atoms with Crippen LogP contribution in [0.5, 0.6) is 0 Å². The van der Waals surface area contributed by atoms with E-state index in [-0.39, 0.29) is 24.1 Å². The van der Waals surface area contributed by atoms with Gasteiger partial charge >= 0.3 is 0 Å². The van der Waals surface area contributed by atoms with Crippen molar-refractivity contribution < 1.29 is 9.59 Å². The van der Waals surface area contributed by atoms with Crippen molar-refractivity contribution in [1.29, 1.82) is 0 Å². The Balaban J connectivity index is 2.11. The second kappa shape index (κ2) is 12.1.